The minimum Gasteiger partial charge on any atom is -0.366 e. The van der Waals surface area contributed by atoms with Gasteiger partial charge in [0.15, 0.2) is 0 Å². The summed E-state index contributed by atoms with van der Waals surface area (Å²) in [6, 6.07) is 7.21. The number of amides is 2. The first-order valence-electron chi connectivity index (χ1n) is 7.49. The molecule has 1 heterocycles. The van der Waals surface area contributed by atoms with Crippen LogP contribution in [0.15, 0.2) is 24.3 Å². The minimum atomic E-state index is -0.430. The molecular weight excluding hydrogens is 302 g/mol. The average Bonchev–Trinajstić information content (AvgIpc) is 2.97. The first-order chi connectivity index (χ1) is 10.1. The van der Waals surface area contributed by atoms with Crippen LogP contribution < -0.4 is 16.4 Å². The fraction of sp³-hybridized carbons (Fsp3) is 0.500. The molecule has 0 saturated carbocycles. The molecule has 4 N–H and O–H groups in total. The van der Waals surface area contributed by atoms with Gasteiger partial charge in [-0.1, -0.05) is 19.1 Å². The zero-order chi connectivity index (χ0) is 15.3. The van der Waals surface area contributed by atoms with Gasteiger partial charge in [-0.15, -0.1) is 12.4 Å². The van der Waals surface area contributed by atoms with Gasteiger partial charge in [0.1, 0.15) is 0 Å². The summed E-state index contributed by atoms with van der Waals surface area (Å²) in [7, 11) is 0. The standard InChI is InChI=1S/C16H23N3O2.ClH/c1-2-16(8-4-9-19-16)15(21)18-10-7-12-5-3-6-13(11-12)14(17)20;/h3,5-6,11,19H,2,4,7-10H2,1H3,(H2,17,20)(H,18,21);1H. The lowest BCUT2D eigenvalue weighted by Crippen LogP contribution is -2.53. The van der Waals surface area contributed by atoms with Crippen molar-refractivity contribution in [2.75, 3.05) is 13.1 Å². The number of hydrogen-bond donors (Lipinski definition) is 3. The molecule has 2 rings (SSSR count). The molecule has 0 bridgehead atoms. The number of rotatable bonds is 6. The summed E-state index contributed by atoms with van der Waals surface area (Å²) in [5, 5.41) is 6.31. The molecular formula is C16H24ClN3O2. The highest BCUT2D eigenvalue weighted by atomic mass is 35.5. The van der Waals surface area contributed by atoms with E-state index in [0.29, 0.717) is 18.5 Å². The molecule has 0 aromatic heterocycles. The van der Waals surface area contributed by atoms with Crippen molar-refractivity contribution in [2.24, 2.45) is 5.73 Å². The van der Waals surface area contributed by atoms with Crippen molar-refractivity contribution >= 4 is 24.2 Å². The number of halogens is 1. The molecule has 1 saturated heterocycles. The van der Waals surface area contributed by atoms with Crippen LogP contribution in [0.5, 0.6) is 0 Å². The van der Waals surface area contributed by atoms with E-state index < -0.39 is 11.4 Å². The molecule has 1 aliphatic rings. The highest BCUT2D eigenvalue weighted by molar-refractivity contribution is 5.92. The summed E-state index contributed by atoms with van der Waals surface area (Å²) in [5.74, 6) is -0.352. The number of nitrogens with two attached hydrogens (primary N) is 1. The number of carbonyl (C=O) groups excluding carboxylic acids is 2. The molecule has 122 valence electrons. The Kier molecular flexibility index (Phi) is 6.84. The molecule has 2 amide bonds. The van der Waals surface area contributed by atoms with E-state index in [4.69, 9.17) is 5.73 Å². The fourth-order valence-electron chi connectivity index (χ4n) is 2.83. The first-order valence-corrected chi connectivity index (χ1v) is 7.49. The Morgan fingerprint density at radius 2 is 2.18 bits per heavy atom. The largest absolute Gasteiger partial charge is 0.366 e. The van der Waals surface area contributed by atoms with E-state index in [1.165, 1.54) is 0 Å². The van der Waals surface area contributed by atoms with Crippen molar-refractivity contribution in [3.63, 3.8) is 0 Å². The smallest absolute Gasteiger partial charge is 0.248 e. The van der Waals surface area contributed by atoms with E-state index in [1.54, 1.807) is 12.1 Å². The number of primary amides is 1. The molecule has 6 heteroatoms. The zero-order valence-electron chi connectivity index (χ0n) is 12.9. The Morgan fingerprint density at radius 1 is 1.41 bits per heavy atom. The van der Waals surface area contributed by atoms with Gasteiger partial charge in [-0.05, 0) is 49.9 Å². The maximum atomic E-state index is 12.3. The van der Waals surface area contributed by atoms with Crippen molar-refractivity contribution in [1.82, 2.24) is 10.6 Å². The van der Waals surface area contributed by atoms with E-state index in [-0.39, 0.29) is 18.3 Å². The molecule has 1 aromatic rings. The van der Waals surface area contributed by atoms with Crippen molar-refractivity contribution < 1.29 is 9.59 Å². The Hall–Kier alpha value is -1.59. The van der Waals surface area contributed by atoms with Crippen LogP contribution in [0.1, 0.15) is 42.1 Å². The second kappa shape index (κ2) is 8.15. The van der Waals surface area contributed by atoms with Crippen LogP contribution in [0.4, 0.5) is 0 Å². The van der Waals surface area contributed by atoms with Gasteiger partial charge in [0.05, 0.1) is 5.54 Å². The predicted molar refractivity (Wildman–Crippen MR) is 89.2 cm³/mol. The van der Waals surface area contributed by atoms with Crippen LogP contribution in [-0.4, -0.2) is 30.4 Å². The molecule has 0 radical (unpaired) electrons. The normalized spacial score (nSPS) is 20.2. The maximum absolute atomic E-state index is 12.3. The third kappa shape index (κ3) is 4.21. The van der Waals surface area contributed by atoms with Crippen LogP contribution >= 0.6 is 12.4 Å². The summed E-state index contributed by atoms with van der Waals surface area (Å²) in [5.41, 5.74) is 6.36. The maximum Gasteiger partial charge on any atom is 0.248 e. The van der Waals surface area contributed by atoms with Gasteiger partial charge in [-0.25, -0.2) is 0 Å². The van der Waals surface area contributed by atoms with E-state index in [1.807, 2.05) is 19.1 Å². The molecule has 22 heavy (non-hydrogen) atoms. The zero-order valence-corrected chi connectivity index (χ0v) is 13.7. The van der Waals surface area contributed by atoms with Gasteiger partial charge < -0.3 is 16.4 Å². The lowest BCUT2D eigenvalue weighted by Gasteiger charge is -2.26. The van der Waals surface area contributed by atoms with Crippen LogP contribution in [0, 0.1) is 0 Å². The Balaban J connectivity index is 0.00000242. The first kappa shape index (κ1) is 18.5. The van der Waals surface area contributed by atoms with E-state index in [0.717, 1.165) is 31.4 Å². The Labute approximate surface area is 137 Å². The third-order valence-corrected chi connectivity index (χ3v) is 4.19. The van der Waals surface area contributed by atoms with E-state index >= 15 is 0 Å². The van der Waals surface area contributed by atoms with Gasteiger partial charge in [0.2, 0.25) is 11.8 Å². The summed E-state index contributed by atoms with van der Waals surface area (Å²) in [4.78, 5) is 23.5. The molecule has 1 fully saturated rings. The molecule has 1 unspecified atom stereocenters. The SMILES string of the molecule is CCC1(C(=O)NCCc2cccc(C(N)=O)c2)CCCN1.Cl. The highest BCUT2D eigenvalue weighted by Gasteiger charge is 2.38. The van der Waals surface area contributed by atoms with Gasteiger partial charge in [-0.3, -0.25) is 9.59 Å². The van der Waals surface area contributed by atoms with Gasteiger partial charge in [0.25, 0.3) is 0 Å². The van der Waals surface area contributed by atoms with Gasteiger partial charge >= 0.3 is 0 Å². The summed E-state index contributed by atoms with van der Waals surface area (Å²) in [6.45, 7) is 3.50. The summed E-state index contributed by atoms with van der Waals surface area (Å²) in [6.07, 6.45) is 3.43. The number of nitrogens with one attached hydrogen (secondary N) is 2. The Bertz CT molecular complexity index is 528. The van der Waals surface area contributed by atoms with E-state index in [9.17, 15) is 9.59 Å². The number of carbonyl (C=O) groups is 2. The molecule has 1 aromatic carbocycles. The monoisotopic (exact) mass is 325 g/mol. The van der Waals surface area contributed by atoms with Gasteiger partial charge in [-0.2, -0.15) is 0 Å². The topological polar surface area (TPSA) is 84.2 Å². The number of hydrogen-bond acceptors (Lipinski definition) is 3. The third-order valence-electron chi connectivity index (χ3n) is 4.19. The van der Waals surface area contributed by atoms with Crippen molar-refractivity contribution in [1.29, 1.82) is 0 Å². The predicted octanol–water partition coefficient (Wildman–Crippen LogP) is 1.40. The minimum absolute atomic E-state index is 0. The molecule has 0 spiro atoms. The lowest BCUT2D eigenvalue weighted by atomic mass is 9.93. The fourth-order valence-corrected chi connectivity index (χ4v) is 2.83. The van der Waals surface area contributed by atoms with Crippen molar-refractivity contribution in [3.8, 4) is 0 Å². The average molecular weight is 326 g/mol. The summed E-state index contributed by atoms with van der Waals surface area (Å²) >= 11 is 0. The van der Waals surface area contributed by atoms with Crippen molar-refractivity contribution in [3.05, 3.63) is 35.4 Å². The quantitative estimate of drug-likeness (QED) is 0.739. The van der Waals surface area contributed by atoms with Crippen molar-refractivity contribution in [2.45, 2.75) is 38.1 Å². The second-order valence-corrected chi connectivity index (χ2v) is 5.54. The van der Waals surface area contributed by atoms with Crippen LogP contribution in [0.3, 0.4) is 0 Å². The summed E-state index contributed by atoms with van der Waals surface area (Å²) < 4.78 is 0. The number of benzene rings is 1. The second-order valence-electron chi connectivity index (χ2n) is 5.54. The molecule has 1 atom stereocenters. The lowest BCUT2D eigenvalue weighted by molar-refractivity contribution is -0.127. The van der Waals surface area contributed by atoms with Gasteiger partial charge in [0, 0.05) is 12.1 Å². The molecule has 5 nitrogen and oxygen atoms in total. The van der Waals surface area contributed by atoms with Crippen LogP contribution in [-0.2, 0) is 11.2 Å². The highest BCUT2D eigenvalue weighted by Crippen LogP contribution is 2.22. The van der Waals surface area contributed by atoms with Crippen LogP contribution in [0.2, 0.25) is 0 Å². The van der Waals surface area contributed by atoms with E-state index in [2.05, 4.69) is 10.6 Å². The molecule has 1 aliphatic heterocycles. The van der Waals surface area contributed by atoms with Crippen LogP contribution in [0.25, 0.3) is 0 Å². The Morgan fingerprint density at radius 3 is 2.77 bits per heavy atom. The molecule has 0 aliphatic carbocycles.